The van der Waals surface area contributed by atoms with Crippen molar-refractivity contribution < 1.29 is 0 Å². The molecule has 0 saturated heterocycles. The van der Waals surface area contributed by atoms with Gasteiger partial charge in [-0.2, -0.15) is 0 Å². The highest BCUT2D eigenvalue weighted by Crippen LogP contribution is 2.27. The Morgan fingerprint density at radius 2 is 1.81 bits per heavy atom. The van der Waals surface area contributed by atoms with Crippen molar-refractivity contribution in [2.24, 2.45) is 5.92 Å². The van der Waals surface area contributed by atoms with Crippen molar-refractivity contribution in [1.82, 2.24) is 10.2 Å². The maximum atomic E-state index is 3.61. The lowest BCUT2D eigenvalue weighted by molar-refractivity contribution is 0.178. The Morgan fingerprint density at radius 3 is 2.33 bits per heavy atom. The average molecular weight is 288 g/mol. The van der Waals surface area contributed by atoms with E-state index in [2.05, 4.69) is 62.2 Å². The summed E-state index contributed by atoms with van der Waals surface area (Å²) in [5, 5.41) is 3.61. The molecule has 0 unspecified atom stereocenters. The minimum atomic E-state index is 0.170. The zero-order valence-electron chi connectivity index (χ0n) is 14.3. The quantitative estimate of drug-likeness (QED) is 0.809. The van der Waals surface area contributed by atoms with Gasteiger partial charge >= 0.3 is 0 Å². The van der Waals surface area contributed by atoms with E-state index < -0.39 is 0 Å². The normalized spacial score (nSPS) is 16.2. The largest absolute Gasteiger partial charge is 0.308 e. The van der Waals surface area contributed by atoms with E-state index in [4.69, 9.17) is 0 Å². The molecule has 0 heterocycles. The summed E-state index contributed by atoms with van der Waals surface area (Å²) in [6, 6.07) is 8.90. The van der Waals surface area contributed by atoms with E-state index in [1.54, 1.807) is 0 Å². The Balaban J connectivity index is 1.97. The Bertz CT molecular complexity index is 429. The van der Waals surface area contributed by atoms with Crippen molar-refractivity contribution in [1.29, 1.82) is 0 Å². The monoisotopic (exact) mass is 288 g/mol. The van der Waals surface area contributed by atoms with E-state index in [0.717, 1.165) is 25.6 Å². The Morgan fingerprint density at radius 1 is 1.14 bits per heavy atom. The molecule has 1 N–H and O–H groups in total. The SMILES string of the molecule is CCN(Cc1ccccc1CNC(C)(C)C)CC1CCC1. The lowest BCUT2D eigenvalue weighted by Gasteiger charge is -2.32. The molecule has 1 saturated carbocycles. The van der Waals surface area contributed by atoms with Crippen LogP contribution in [0.4, 0.5) is 0 Å². The van der Waals surface area contributed by atoms with E-state index in [9.17, 15) is 0 Å². The molecule has 1 aliphatic rings. The molecule has 118 valence electrons. The number of benzene rings is 1. The third-order valence-electron chi connectivity index (χ3n) is 4.51. The van der Waals surface area contributed by atoms with Crippen LogP contribution in [-0.2, 0) is 13.1 Å². The van der Waals surface area contributed by atoms with Gasteiger partial charge in [-0.1, -0.05) is 37.6 Å². The Hall–Kier alpha value is -0.860. The first-order valence-electron chi connectivity index (χ1n) is 8.52. The van der Waals surface area contributed by atoms with Crippen LogP contribution in [0.1, 0.15) is 58.1 Å². The lowest BCUT2D eigenvalue weighted by atomic mass is 9.85. The van der Waals surface area contributed by atoms with Crippen molar-refractivity contribution >= 4 is 0 Å². The molecule has 2 nitrogen and oxygen atoms in total. The van der Waals surface area contributed by atoms with E-state index in [0.29, 0.717) is 0 Å². The summed E-state index contributed by atoms with van der Waals surface area (Å²) in [6.07, 6.45) is 4.31. The molecule has 1 aromatic rings. The maximum Gasteiger partial charge on any atom is 0.0236 e. The molecule has 0 amide bonds. The lowest BCUT2D eigenvalue weighted by Crippen LogP contribution is -2.36. The van der Waals surface area contributed by atoms with Gasteiger partial charge in [-0.05, 0) is 57.2 Å². The molecule has 0 aliphatic heterocycles. The van der Waals surface area contributed by atoms with Gasteiger partial charge < -0.3 is 5.32 Å². The van der Waals surface area contributed by atoms with Crippen LogP contribution in [0, 0.1) is 5.92 Å². The topological polar surface area (TPSA) is 15.3 Å². The zero-order chi connectivity index (χ0) is 15.3. The predicted octanol–water partition coefficient (Wildman–Crippen LogP) is 4.20. The second kappa shape index (κ2) is 7.42. The summed E-state index contributed by atoms with van der Waals surface area (Å²) in [7, 11) is 0. The molecular formula is C19H32N2. The fourth-order valence-corrected chi connectivity index (χ4v) is 2.83. The minimum absolute atomic E-state index is 0.170. The first kappa shape index (κ1) is 16.5. The highest BCUT2D eigenvalue weighted by atomic mass is 15.1. The van der Waals surface area contributed by atoms with Gasteiger partial charge in [0, 0.05) is 25.2 Å². The predicted molar refractivity (Wildman–Crippen MR) is 91.3 cm³/mol. The zero-order valence-corrected chi connectivity index (χ0v) is 14.3. The number of nitrogens with one attached hydrogen (secondary N) is 1. The summed E-state index contributed by atoms with van der Waals surface area (Å²) >= 11 is 0. The van der Waals surface area contributed by atoms with Crippen molar-refractivity contribution in [3.8, 4) is 0 Å². The number of hydrogen-bond acceptors (Lipinski definition) is 2. The number of hydrogen-bond donors (Lipinski definition) is 1. The van der Waals surface area contributed by atoms with Crippen LogP contribution in [0.15, 0.2) is 24.3 Å². The van der Waals surface area contributed by atoms with Gasteiger partial charge in [0.1, 0.15) is 0 Å². The van der Waals surface area contributed by atoms with Crippen molar-refractivity contribution in [2.75, 3.05) is 13.1 Å². The number of nitrogens with zero attached hydrogens (tertiary/aromatic N) is 1. The van der Waals surface area contributed by atoms with Crippen LogP contribution >= 0.6 is 0 Å². The van der Waals surface area contributed by atoms with Gasteiger partial charge in [0.2, 0.25) is 0 Å². The van der Waals surface area contributed by atoms with Crippen molar-refractivity contribution in [2.45, 2.75) is 65.6 Å². The molecule has 0 spiro atoms. The van der Waals surface area contributed by atoms with Gasteiger partial charge in [-0.3, -0.25) is 4.90 Å². The van der Waals surface area contributed by atoms with Crippen LogP contribution in [-0.4, -0.2) is 23.5 Å². The van der Waals surface area contributed by atoms with Crippen LogP contribution in [0.25, 0.3) is 0 Å². The molecule has 21 heavy (non-hydrogen) atoms. The van der Waals surface area contributed by atoms with E-state index in [1.807, 2.05) is 0 Å². The first-order chi connectivity index (χ1) is 9.98. The molecule has 2 heteroatoms. The highest BCUT2D eigenvalue weighted by Gasteiger charge is 2.20. The van der Waals surface area contributed by atoms with E-state index >= 15 is 0 Å². The molecule has 2 rings (SSSR count). The minimum Gasteiger partial charge on any atom is -0.308 e. The van der Waals surface area contributed by atoms with Crippen molar-refractivity contribution in [3.63, 3.8) is 0 Å². The van der Waals surface area contributed by atoms with Crippen LogP contribution in [0.2, 0.25) is 0 Å². The summed E-state index contributed by atoms with van der Waals surface area (Å²) in [4.78, 5) is 2.61. The van der Waals surface area contributed by atoms with Crippen LogP contribution < -0.4 is 5.32 Å². The van der Waals surface area contributed by atoms with Crippen LogP contribution in [0.5, 0.6) is 0 Å². The Kier molecular flexibility index (Phi) is 5.83. The summed E-state index contributed by atoms with van der Waals surface area (Å²) < 4.78 is 0. The third kappa shape index (κ3) is 5.44. The molecule has 1 aromatic carbocycles. The molecule has 0 atom stereocenters. The van der Waals surface area contributed by atoms with Gasteiger partial charge in [-0.15, -0.1) is 0 Å². The molecule has 0 radical (unpaired) electrons. The van der Waals surface area contributed by atoms with E-state index in [1.165, 1.54) is 36.9 Å². The molecule has 0 bridgehead atoms. The molecule has 0 aromatic heterocycles. The summed E-state index contributed by atoms with van der Waals surface area (Å²) in [5.74, 6) is 0.949. The van der Waals surface area contributed by atoms with E-state index in [-0.39, 0.29) is 5.54 Å². The second-order valence-electron chi connectivity index (χ2n) is 7.50. The first-order valence-corrected chi connectivity index (χ1v) is 8.52. The molecular weight excluding hydrogens is 256 g/mol. The van der Waals surface area contributed by atoms with Crippen LogP contribution in [0.3, 0.4) is 0 Å². The van der Waals surface area contributed by atoms with Gasteiger partial charge in [0.15, 0.2) is 0 Å². The standard InChI is InChI=1S/C19H32N2/c1-5-21(14-16-9-8-10-16)15-18-12-7-6-11-17(18)13-20-19(2,3)4/h6-7,11-12,16,20H,5,8-10,13-15H2,1-4H3. The molecule has 1 fully saturated rings. The van der Waals surface area contributed by atoms with Gasteiger partial charge in [0.25, 0.3) is 0 Å². The Labute approximate surface area is 130 Å². The summed E-state index contributed by atoms with van der Waals surface area (Å²) in [5.41, 5.74) is 3.10. The fourth-order valence-electron chi connectivity index (χ4n) is 2.83. The fraction of sp³-hybridized carbons (Fsp3) is 0.684. The average Bonchev–Trinajstić information content (AvgIpc) is 2.39. The molecule has 1 aliphatic carbocycles. The highest BCUT2D eigenvalue weighted by molar-refractivity contribution is 5.27. The summed E-state index contributed by atoms with van der Waals surface area (Å²) in [6.45, 7) is 13.4. The second-order valence-corrected chi connectivity index (χ2v) is 7.50. The number of rotatable bonds is 7. The van der Waals surface area contributed by atoms with Gasteiger partial charge in [-0.25, -0.2) is 0 Å². The maximum absolute atomic E-state index is 3.61. The van der Waals surface area contributed by atoms with Gasteiger partial charge in [0.05, 0.1) is 0 Å². The third-order valence-corrected chi connectivity index (χ3v) is 4.51. The smallest absolute Gasteiger partial charge is 0.0236 e. The van der Waals surface area contributed by atoms with Crippen molar-refractivity contribution in [3.05, 3.63) is 35.4 Å².